The summed E-state index contributed by atoms with van der Waals surface area (Å²) in [5.41, 5.74) is 10.1. The van der Waals surface area contributed by atoms with Gasteiger partial charge in [0.05, 0.1) is 13.2 Å². The van der Waals surface area contributed by atoms with E-state index in [1.807, 2.05) is 0 Å². The Labute approximate surface area is 148 Å². The molecule has 0 spiro atoms. The van der Waals surface area contributed by atoms with Crippen molar-refractivity contribution in [2.75, 3.05) is 13.2 Å². The molecule has 4 nitrogen and oxygen atoms in total. The minimum absolute atomic E-state index is 0. The van der Waals surface area contributed by atoms with E-state index in [1.54, 1.807) is 0 Å². The van der Waals surface area contributed by atoms with Crippen LogP contribution in [0.15, 0.2) is 0 Å². The van der Waals surface area contributed by atoms with Crippen LogP contribution in [0.2, 0.25) is 0 Å². The summed E-state index contributed by atoms with van der Waals surface area (Å²) in [5.74, 6) is 0. The maximum Gasteiger partial charge on any atom is 2.00 e. The first-order chi connectivity index (χ1) is 7.54. The second-order valence-corrected chi connectivity index (χ2v) is 3.85. The van der Waals surface area contributed by atoms with Gasteiger partial charge in [0, 0.05) is 0 Å². The van der Waals surface area contributed by atoms with Gasteiger partial charge in [0.1, 0.15) is 0 Å². The molecule has 4 N–H and O–H groups in total. The van der Waals surface area contributed by atoms with Crippen molar-refractivity contribution in [1.29, 1.82) is 0 Å². The van der Waals surface area contributed by atoms with Crippen molar-refractivity contribution in [2.45, 2.75) is 39.5 Å². The van der Waals surface area contributed by atoms with Crippen LogP contribution in [0, 0.1) is 0 Å². The number of unbranched alkanes of at least 4 members (excludes halogenated alkanes) is 2. The average molecular weight is 309 g/mol. The molecule has 0 heterocycles. The van der Waals surface area contributed by atoms with Gasteiger partial charge >= 0.3 is 37.7 Å². The first-order valence-corrected chi connectivity index (χ1v) is 6.20. The monoisotopic (exact) mass is 308 g/mol. The fourth-order valence-electron chi connectivity index (χ4n) is 0.634. The van der Waals surface area contributed by atoms with Gasteiger partial charge in [-0.1, -0.05) is 26.7 Å². The summed E-state index contributed by atoms with van der Waals surface area (Å²) in [6.07, 6.45) is 4.28. The van der Waals surface area contributed by atoms with Gasteiger partial charge < -0.3 is 23.8 Å². The van der Waals surface area contributed by atoms with Crippen LogP contribution in [-0.2, 0) is 9.47 Å². The van der Waals surface area contributed by atoms with Crippen LogP contribution in [0.5, 0.6) is 0 Å². The van der Waals surface area contributed by atoms with Gasteiger partial charge in [-0.3, -0.25) is 0 Å². The van der Waals surface area contributed by atoms with E-state index in [0.29, 0.717) is 13.2 Å². The molecule has 0 saturated heterocycles. The van der Waals surface area contributed by atoms with Crippen molar-refractivity contribution in [3.63, 3.8) is 0 Å². The topological polar surface area (TPSA) is 70.5 Å². The van der Waals surface area contributed by atoms with E-state index in [2.05, 4.69) is 38.3 Å². The molecular weight excluding hydrogens is 284 g/mol. The molecule has 100 valence electrons. The Balaban J connectivity index is -0.0000000594. The molecule has 0 saturated carbocycles. The molecule has 0 aliphatic heterocycles. The number of thiocarbonyl (C=S) groups is 2. The maximum atomic E-state index is 5.04. The second-order valence-electron chi connectivity index (χ2n) is 3.04. The van der Waals surface area contributed by atoms with Crippen LogP contribution < -0.4 is 11.5 Å². The van der Waals surface area contributed by atoms with Crippen LogP contribution in [0.4, 0.5) is 0 Å². The zero-order valence-electron chi connectivity index (χ0n) is 12.7. The van der Waals surface area contributed by atoms with Crippen molar-refractivity contribution >= 4 is 72.5 Å². The summed E-state index contributed by atoms with van der Waals surface area (Å²) in [7, 11) is 0. The Hall–Kier alpha value is 0.640. The summed E-state index contributed by atoms with van der Waals surface area (Å²) >= 11 is 8.93. The molecular formula is C10H24CaN2O2S2. The Bertz CT molecular complexity index is 184. The maximum absolute atomic E-state index is 5.04. The molecule has 0 amide bonds. The zero-order chi connectivity index (χ0) is 12.8. The minimum atomic E-state index is 0. The van der Waals surface area contributed by atoms with Crippen molar-refractivity contribution in [3.8, 4) is 0 Å². The number of hydrogen-bond acceptors (Lipinski definition) is 4. The summed E-state index contributed by atoms with van der Waals surface area (Å²) in [6.45, 7) is 5.49. The number of rotatable bonds is 6. The Kier molecular flexibility index (Phi) is 25.5. The molecule has 7 heteroatoms. The predicted molar refractivity (Wildman–Crippen MR) is 83.3 cm³/mol. The van der Waals surface area contributed by atoms with Crippen molar-refractivity contribution in [3.05, 3.63) is 0 Å². The van der Waals surface area contributed by atoms with E-state index in [4.69, 9.17) is 20.9 Å². The van der Waals surface area contributed by atoms with E-state index in [9.17, 15) is 0 Å². The molecule has 0 radical (unpaired) electrons. The fraction of sp³-hybridized carbons (Fsp3) is 0.800. The van der Waals surface area contributed by atoms with Gasteiger partial charge in [0.15, 0.2) is 0 Å². The van der Waals surface area contributed by atoms with Gasteiger partial charge in [-0.2, -0.15) is 0 Å². The summed E-state index contributed by atoms with van der Waals surface area (Å²) < 4.78 is 9.58. The van der Waals surface area contributed by atoms with Gasteiger partial charge in [-0.15, -0.1) is 0 Å². The van der Waals surface area contributed by atoms with Crippen molar-refractivity contribution < 1.29 is 12.3 Å². The zero-order valence-corrected chi connectivity index (χ0v) is 14.6. The van der Waals surface area contributed by atoms with Crippen LogP contribution >= 0.6 is 24.4 Å². The molecule has 0 aliphatic rings. The molecule has 0 atom stereocenters. The molecule has 0 aliphatic carbocycles. The first kappa shape index (κ1) is 22.8. The molecule has 0 aromatic rings. The molecule has 0 fully saturated rings. The van der Waals surface area contributed by atoms with E-state index in [0.717, 1.165) is 25.7 Å². The number of nitrogens with two attached hydrogens (primary N) is 2. The molecule has 0 aromatic heterocycles. The van der Waals surface area contributed by atoms with Gasteiger partial charge in [-0.05, 0) is 37.3 Å². The van der Waals surface area contributed by atoms with Crippen LogP contribution in [0.1, 0.15) is 42.4 Å². The standard InChI is InChI=1S/2C5H11NOS.Ca.2H/c2*1-2-3-4-7-5(6)8;;;/h2*2-4H2,1H3,(H2,6,8);;;/q;;+2;2*-1. The summed E-state index contributed by atoms with van der Waals surface area (Å²) in [4.78, 5) is 0. The quantitative estimate of drug-likeness (QED) is 0.444. The second kappa shape index (κ2) is 19.0. The van der Waals surface area contributed by atoms with Gasteiger partial charge in [-0.25, -0.2) is 0 Å². The summed E-state index contributed by atoms with van der Waals surface area (Å²) in [5, 5.41) is 0.303. The van der Waals surface area contributed by atoms with Crippen LogP contribution in [-0.4, -0.2) is 61.3 Å². The smallest absolute Gasteiger partial charge is 1.00 e. The Morgan fingerprint density at radius 3 is 1.41 bits per heavy atom. The van der Waals surface area contributed by atoms with Crippen LogP contribution in [0.3, 0.4) is 0 Å². The molecule has 0 bridgehead atoms. The SMILES string of the molecule is CCCCOC(N)=S.CCCCOC(N)=S.[Ca+2].[H-].[H-]. The van der Waals surface area contributed by atoms with E-state index < -0.39 is 0 Å². The molecule has 0 unspecified atom stereocenters. The summed E-state index contributed by atoms with van der Waals surface area (Å²) in [6, 6.07) is 0. The first-order valence-electron chi connectivity index (χ1n) is 5.39. The Morgan fingerprint density at radius 2 is 1.24 bits per heavy atom. The van der Waals surface area contributed by atoms with Crippen molar-refractivity contribution in [1.82, 2.24) is 0 Å². The van der Waals surface area contributed by atoms with E-state index in [-0.39, 0.29) is 50.9 Å². The molecule has 0 rings (SSSR count). The van der Waals surface area contributed by atoms with E-state index >= 15 is 0 Å². The third-order valence-corrected chi connectivity index (χ3v) is 1.72. The van der Waals surface area contributed by atoms with Gasteiger partial charge in [0.2, 0.25) is 0 Å². The normalized spacial score (nSPS) is 8.12. The van der Waals surface area contributed by atoms with Crippen LogP contribution in [0.25, 0.3) is 0 Å². The number of hydrogen-bond donors (Lipinski definition) is 2. The van der Waals surface area contributed by atoms with Crippen molar-refractivity contribution in [2.24, 2.45) is 11.5 Å². The average Bonchev–Trinajstić information content (AvgIpc) is 2.18. The Morgan fingerprint density at radius 1 is 0.941 bits per heavy atom. The molecule has 0 aromatic carbocycles. The van der Waals surface area contributed by atoms with E-state index in [1.165, 1.54) is 0 Å². The minimum Gasteiger partial charge on any atom is -1.00 e. The number of ether oxygens (including phenoxy) is 2. The predicted octanol–water partition coefficient (Wildman–Crippen LogP) is 1.94. The van der Waals surface area contributed by atoms with Gasteiger partial charge in [0.25, 0.3) is 10.3 Å². The third kappa shape index (κ3) is 31.5. The molecule has 17 heavy (non-hydrogen) atoms. The largest absolute Gasteiger partial charge is 2.00 e. The third-order valence-electron chi connectivity index (χ3n) is 1.48. The fourth-order valence-corrected chi connectivity index (χ4v) is 0.801.